The summed E-state index contributed by atoms with van der Waals surface area (Å²) in [6.45, 7) is 1.66. The first-order valence-electron chi connectivity index (χ1n) is 8.32. The predicted molar refractivity (Wildman–Crippen MR) is 103 cm³/mol. The zero-order chi connectivity index (χ0) is 20.2. The molecule has 9 heteroatoms. The number of benzene rings is 2. The number of sulfonamides is 2. The van der Waals surface area contributed by atoms with Gasteiger partial charge in [-0.2, -0.15) is 0 Å². The second kappa shape index (κ2) is 8.49. The van der Waals surface area contributed by atoms with Crippen molar-refractivity contribution in [3.8, 4) is 0 Å². The molecule has 0 spiro atoms. The van der Waals surface area contributed by atoms with E-state index in [-0.39, 0.29) is 16.2 Å². The highest BCUT2D eigenvalue weighted by Crippen LogP contribution is 2.20. The summed E-state index contributed by atoms with van der Waals surface area (Å²) in [4.78, 5) is -0.0275. The van der Waals surface area contributed by atoms with Crippen molar-refractivity contribution in [3.63, 3.8) is 0 Å². The highest BCUT2D eigenvalue weighted by Gasteiger charge is 2.22. The molecule has 2 aromatic rings. The molecular weight excluding hydrogens is 388 g/mol. The standard InChI is InChI=1S/C18H24N2O5S2/c1-14(13-18(21)15-7-5-4-6-8-15)19-26(22,23)16-9-11-17(12-10-16)27(24,25)20(2)3/h4-12,14,18-19,21H,13H2,1-3H3/t14-,18+/m0/s1. The molecule has 0 aliphatic rings. The zero-order valence-electron chi connectivity index (χ0n) is 15.4. The quantitative estimate of drug-likeness (QED) is 0.687. The number of rotatable bonds is 8. The average molecular weight is 413 g/mol. The lowest BCUT2D eigenvalue weighted by molar-refractivity contribution is 0.158. The second-order valence-corrected chi connectivity index (χ2v) is 10.3. The molecule has 0 aliphatic carbocycles. The smallest absolute Gasteiger partial charge is 0.242 e. The number of aliphatic hydroxyl groups is 1. The van der Waals surface area contributed by atoms with Crippen molar-refractivity contribution in [1.82, 2.24) is 9.03 Å². The summed E-state index contributed by atoms with van der Waals surface area (Å²) in [5, 5.41) is 10.2. The molecule has 0 radical (unpaired) electrons. The highest BCUT2D eigenvalue weighted by molar-refractivity contribution is 7.89. The van der Waals surface area contributed by atoms with Crippen molar-refractivity contribution >= 4 is 20.0 Å². The molecule has 7 nitrogen and oxygen atoms in total. The van der Waals surface area contributed by atoms with Crippen molar-refractivity contribution in [2.45, 2.75) is 35.3 Å². The van der Waals surface area contributed by atoms with Crippen LogP contribution in [-0.2, 0) is 20.0 Å². The summed E-state index contributed by atoms with van der Waals surface area (Å²) in [6, 6.07) is 13.5. The van der Waals surface area contributed by atoms with Crippen molar-refractivity contribution in [2.75, 3.05) is 14.1 Å². The second-order valence-electron chi connectivity index (χ2n) is 6.44. The van der Waals surface area contributed by atoms with Gasteiger partial charge in [0.05, 0.1) is 15.9 Å². The first-order valence-corrected chi connectivity index (χ1v) is 11.2. The van der Waals surface area contributed by atoms with Crippen LogP contribution in [0.5, 0.6) is 0 Å². The monoisotopic (exact) mass is 412 g/mol. The Morgan fingerprint density at radius 1 is 0.926 bits per heavy atom. The molecule has 0 aliphatic heterocycles. The van der Waals surface area contributed by atoms with Crippen LogP contribution in [0.4, 0.5) is 0 Å². The number of aliphatic hydroxyl groups excluding tert-OH is 1. The van der Waals surface area contributed by atoms with E-state index in [9.17, 15) is 21.9 Å². The van der Waals surface area contributed by atoms with E-state index >= 15 is 0 Å². The van der Waals surface area contributed by atoms with E-state index < -0.39 is 32.2 Å². The molecule has 0 saturated heterocycles. The summed E-state index contributed by atoms with van der Waals surface area (Å²) >= 11 is 0. The van der Waals surface area contributed by atoms with Gasteiger partial charge in [-0.05, 0) is 43.2 Å². The lowest BCUT2D eigenvalue weighted by Crippen LogP contribution is -2.33. The van der Waals surface area contributed by atoms with E-state index in [2.05, 4.69) is 4.72 Å². The minimum atomic E-state index is -3.84. The maximum atomic E-state index is 12.5. The molecule has 2 atom stereocenters. The van der Waals surface area contributed by atoms with Gasteiger partial charge in [0.2, 0.25) is 20.0 Å². The van der Waals surface area contributed by atoms with Gasteiger partial charge < -0.3 is 5.11 Å². The molecule has 0 aromatic heterocycles. The van der Waals surface area contributed by atoms with Crippen LogP contribution in [0.25, 0.3) is 0 Å². The van der Waals surface area contributed by atoms with Gasteiger partial charge in [-0.25, -0.2) is 25.9 Å². The fraction of sp³-hybridized carbons (Fsp3) is 0.333. The van der Waals surface area contributed by atoms with E-state index in [0.717, 1.165) is 4.31 Å². The molecule has 0 saturated carbocycles. The summed E-state index contributed by atoms with van der Waals surface area (Å²) < 4.78 is 52.7. The zero-order valence-corrected chi connectivity index (χ0v) is 17.0. The SMILES string of the molecule is C[C@@H](C[C@@H](O)c1ccccc1)NS(=O)(=O)c1ccc(S(=O)(=O)N(C)C)cc1. The van der Waals surface area contributed by atoms with Crippen LogP contribution >= 0.6 is 0 Å². The average Bonchev–Trinajstić information content (AvgIpc) is 2.61. The van der Waals surface area contributed by atoms with Crippen LogP contribution in [0.2, 0.25) is 0 Å². The molecule has 0 heterocycles. The van der Waals surface area contributed by atoms with E-state index in [4.69, 9.17) is 0 Å². The van der Waals surface area contributed by atoms with Gasteiger partial charge in [0.25, 0.3) is 0 Å². The third-order valence-corrected chi connectivity index (χ3v) is 7.46. The Morgan fingerprint density at radius 3 is 1.96 bits per heavy atom. The van der Waals surface area contributed by atoms with Crippen molar-refractivity contribution < 1.29 is 21.9 Å². The normalized spacial score (nSPS) is 14.9. The molecule has 0 amide bonds. The molecule has 0 unspecified atom stereocenters. The lowest BCUT2D eigenvalue weighted by Gasteiger charge is -2.18. The Bertz CT molecular complexity index is 957. The predicted octanol–water partition coefficient (Wildman–Crippen LogP) is 1.73. The van der Waals surface area contributed by atoms with Crippen LogP contribution < -0.4 is 4.72 Å². The summed E-state index contributed by atoms with van der Waals surface area (Å²) in [5.74, 6) is 0. The van der Waals surface area contributed by atoms with Gasteiger partial charge in [-0.3, -0.25) is 0 Å². The van der Waals surface area contributed by atoms with Gasteiger partial charge in [-0.15, -0.1) is 0 Å². The number of hydrogen-bond donors (Lipinski definition) is 2. The van der Waals surface area contributed by atoms with E-state index in [1.54, 1.807) is 31.2 Å². The number of nitrogens with one attached hydrogen (secondary N) is 1. The Morgan fingerprint density at radius 2 is 1.44 bits per heavy atom. The van der Waals surface area contributed by atoms with Crippen molar-refractivity contribution in [1.29, 1.82) is 0 Å². The molecule has 2 N–H and O–H groups in total. The summed E-state index contributed by atoms with van der Waals surface area (Å²) in [6.07, 6.45) is -0.590. The van der Waals surface area contributed by atoms with Gasteiger partial charge >= 0.3 is 0 Å². The van der Waals surface area contributed by atoms with Crippen LogP contribution in [0, 0.1) is 0 Å². The topological polar surface area (TPSA) is 104 Å². The summed E-state index contributed by atoms with van der Waals surface area (Å²) in [7, 11) is -4.65. The van der Waals surface area contributed by atoms with Crippen LogP contribution in [0.1, 0.15) is 25.0 Å². The van der Waals surface area contributed by atoms with E-state index in [1.807, 2.05) is 6.07 Å². The van der Waals surface area contributed by atoms with Crippen molar-refractivity contribution in [2.24, 2.45) is 0 Å². The Kier molecular flexibility index (Phi) is 6.77. The minimum Gasteiger partial charge on any atom is -0.388 e. The lowest BCUT2D eigenvalue weighted by atomic mass is 10.0. The minimum absolute atomic E-state index is 0.0130. The first kappa shape index (κ1) is 21.5. The van der Waals surface area contributed by atoms with Gasteiger partial charge in [-0.1, -0.05) is 30.3 Å². The number of nitrogens with zero attached hydrogens (tertiary/aromatic N) is 1. The summed E-state index contributed by atoms with van der Waals surface area (Å²) in [5.41, 5.74) is 0.710. The third kappa shape index (κ3) is 5.36. The maximum Gasteiger partial charge on any atom is 0.242 e. The molecule has 27 heavy (non-hydrogen) atoms. The Labute approximate surface area is 160 Å². The van der Waals surface area contributed by atoms with Gasteiger partial charge in [0.15, 0.2) is 0 Å². The van der Waals surface area contributed by atoms with E-state index in [1.165, 1.54) is 38.4 Å². The molecule has 2 rings (SSSR count). The molecule has 0 fully saturated rings. The van der Waals surface area contributed by atoms with Crippen LogP contribution in [-0.4, -0.2) is 46.4 Å². The van der Waals surface area contributed by atoms with Gasteiger partial charge in [0.1, 0.15) is 0 Å². The van der Waals surface area contributed by atoms with Crippen molar-refractivity contribution in [3.05, 3.63) is 60.2 Å². The Hall–Kier alpha value is -1.78. The first-order chi connectivity index (χ1) is 12.5. The molecule has 2 aromatic carbocycles. The van der Waals surface area contributed by atoms with Crippen LogP contribution in [0.3, 0.4) is 0 Å². The third-order valence-electron chi connectivity index (χ3n) is 4.03. The molecule has 0 bridgehead atoms. The number of hydrogen-bond acceptors (Lipinski definition) is 5. The fourth-order valence-corrected chi connectivity index (χ4v) is 4.69. The highest BCUT2D eigenvalue weighted by atomic mass is 32.2. The maximum absolute atomic E-state index is 12.5. The largest absolute Gasteiger partial charge is 0.388 e. The van der Waals surface area contributed by atoms with E-state index in [0.29, 0.717) is 5.56 Å². The molecule has 148 valence electrons. The van der Waals surface area contributed by atoms with Gasteiger partial charge in [0, 0.05) is 20.1 Å². The molecular formula is C18H24N2O5S2. The fourth-order valence-electron chi connectivity index (χ4n) is 2.53. The van der Waals surface area contributed by atoms with Crippen LogP contribution in [0.15, 0.2) is 64.4 Å². The Balaban J connectivity index is 2.10.